The van der Waals surface area contributed by atoms with E-state index in [0.717, 1.165) is 31.9 Å². The SMILES string of the molecule is c1cc(C2CNCCN2Cc2ccc(-n3ccnc3)cc2)ccn1. The summed E-state index contributed by atoms with van der Waals surface area (Å²) in [6.07, 6.45) is 9.34. The Kier molecular flexibility index (Phi) is 4.36. The number of piperazine rings is 1. The van der Waals surface area contributed by atoms with E-state index in [4.69, 9.17) is 0 Å². The first-order valence-corrected chi connectivity index (χ1v) is 8.32. The summed E-state index contributed by atoms with van der Waals surface area (Å²) in [6, 6.07) is 13.4. The highest BCUT2D eigenvalue weighted by atomic mass is 15.2. The number of pyridine rings is 1. The molecule has 0 aliphatic carbocycles. The lowest BCUT2D eigenvalue weighted by Gasteiger charge is -2.36. The van der Waals surface area contributed by atoms with Gasteiger partial charge in [0, 0.05) is 62.7 Å². The Balaban J connectivity index is 1.50. The topological polar surface area (TPSA) is 46.0 Å². The zero-order valence-electron chi connectivity index (χ0n) is 13.5. The zero-order chi connectivity index (χ0) is 16.2. The number of nitrogens with zero attached hydrogens (tertiary/aromatic N) is 4. The van der Waals surface area contributed by atoms with Crippen LogP contribution in [0.1, 0.15) is 17.2 Å². The van der Waals surface area contributed by atoms with Gasteiger partial charge in [-0.3, -0.25) is 9.88 Å². The van der Waals surface area contributed by atoms with Crippen LogP contribution in [0.25, 0.3) is 5.69 Å². The third-order valence-corrected chi connectivity index (χ3v) is 4.57. The van der Waals surface area contributed by atoms with Crippen LogP contribution in [0.15, 0.2) is 67.5 Å². The van der Waals surface area contributed by atoms with Gasteiger partial charge in [-0.15, -0.1) is 0 Å². The maximum absolute atomic E-state index is 4.14. The van der Waals surface area contributed by atoms with Crippen molar-refractivity contribution in [2.24, 2.45) is 0 Å². The molecule has 1 saturated heterocycles. The highest BCUT2D eigenvalue weighted by Gasteiger charge is 2.23. The average Bonchev–Trinajstić information content (AvgIpc) is 3.18. The second-order valence-corrected chi connectivity index (χ2v) is 6.11. The molecule has 1 aromatic carbocycles. The normalized spacial score (nSPS) is 18.6. The molecule has 2 aromatic heterocycles. The number of nitrogens with one attached hydrogen (secondary N) is 1. The van der Waals surface area contributed by atoms with E-state index in [0.29, 0.717) is 6.04 Å². The maximum atomic E-state index is 4.14. The molecule has 0 spiro atoms. The molecule has 1 N–H and O–H groups in total. The van der Waals surface area contributed by atoms with Crippen LogP contribution in [0, 0.1) is 0 Å². The van der Waals surface area contributed by atoms with E-state index in [9.17, 15) is 0 Å². The predicted molar refractivity (Wildman–Crippen MR) is 93.8 cm³/mol. The average molecular weight is 319 g/mol. The van der Waals surface area contributed by atoms with E-state index in [1.807, 2.05) is 29.5 Å². The second-order valence-electron chi connectivity index (χ2n) is 6.11. The lowest BCUT2D eigenvalue weighted by Crippen LogP contribution is -2.45. The fourth-order valence-electron chi connectivity index (χ4n) is 3.27. The molecular weight excluding hydrogens is 298 g/mol. The molecule has 1 fully saturated rings. The molecule has 1 unspecified atom stereocenters. The minimum Gasteiger partial charge on any atom is -0.314 e. The van der Waals surface area contributed by atoms with Gasteiger partial charge >= 0.3 is 0 Å². The number of aromatic nitrogens is 3. The van der Waals surface area contributed by atoms with Crippen molar-refractivity contribution in [1.29, 1.82) is 0 Å². The summed E-state index contributed by atoms with van der Waals surface area (Å²) in [7, 11) is 0. The van der Waals surface area contributed by atoms with Gasteiger partial charge in [-0.25, -0.2) is 4.98 Å². The molecule has 0 saturated carbocycles. The van der Waals surface area contributed by atoms with Gasteiger partial charge in [-0.05, 0) is 35.4 Å². The highest BCUT2D eigenvalue weighted by molar-refractivity contribution is 5.34. The summed E-state index contributed by atoms with van der Waals surface area (Å²) in [5.41, 5.74) is 3.80. The summed E-state index contributed by atoms with van der Waals surface area (Å²) >= 11 is 0. The first-order chi connectivity index (χ1) is 11.9. The van der Waals surface area contributed by atoms with Crippen LogP contribution < -0.4 is 5.32 Å². The second kappa shape index (κ2) is 6.95. The third kappa shape index (κ3) is 3.22. The van der Waals surface area contributed by atoms with Crippen LogP contribution >= 0.6 is 0 Å². The number of benzene rings is 1. The van der Waals surface area contributed by atoms with Crippen LogP contribution in [-0.4, -0.2) is 39.1 Å². The van der Waals surface area contributed by atoms with Crippen LogP contribution in [0.4, 0.5) is 0 Å². The van der Waals surface area contributed by atoms with Crippen LogP contribution in [0.5, 0.6) is 0 Å². The Hall–Kier alpha value is -2.50. The smallest absolute Gasteiger partial charge is 0.0991 e. The minimum atomic E-state index is 0.398. The van der Waals surface area contributed by atoms with Gasteiger partial charge in [-0.2, -0.15) is 0 Å². The number of rotatable bonds is 4. The molecule has 4 rings (SSSR count). The van der Waals surface area contributed by atoms with Gasteiger partial charge in [0.1, 0.15) is 0 Å². The van der Waals surface area contributed by atoms with E-state index in [1.54, 1.807) is 6.20 Å². The molecule has 1 aliphatic rings. The maximum Gasteiger partial charge on any atom is 0.0991 e. The van der Waals surface area contributed by atoms with Crippen molar-refractivity contribution >= 4 is 0 Å². The summed E-state index contributed by atoms with van der Waals surface area (Å²) < 4.78 is 2.02. The zero-order valence-corrected chi connectivity index (χ0v) is 13.5. The van der Waals surface area contributed by atoms with Crippen LogP contribution in [-0.2, 0) is 6.54 Å². The first-order valence-electron chi connectivity index (χ1n) is 8.32. The quantitative estimate of drug-likeness (QED) is 0.802. The summed E-state index contributed by atoms with van der Waals surface area (Å²) in [6.45, 7) is 4.03. The van der Waals surface area contributed by atoms with Gasteiger partial charge in [0.15, 0.2) is 0 Å². The molecule has 3 heterocycles. The van der Waals surface area contributed by atoms with E-state index >= 15 is 0 Å². The molecular formula is C19H21N5. The number of imidazole rings is 1. The Bertz CT molecular complexity index is 752. The van der Waals surface area contributed by atoms with Crippen molar-refractivity contribution in [1.82, 2.24) is 24.8 Å². The van der Waals surface area contributed by atoms with Gasteiger partial charge < -0.3 is 9.88 Å². The van der Waals surface area contributed by atoms with Gasteiger partial charge in [0.25, 0.3) is 0 Å². The van der Waals surface area contributed by atoms with E-state index in [2.05, 4.69) is 56.6 Å². The predicted octanol–water partition coefficient (Wildman–Crippen LogP) is 2.41. The fourth-order valence-corrected chi connectivity index (χ4v) is 3.27. The standard InChI is InChI=1S/C19H21N5/c1-3-18(24-12-10-22-15-24)4-2-16(1)14-23-11-9-21-13-19(23)17-5-7-20-8-6-17/h1-8,10,12,15,19,21H,9,11,13-14H2. The van der Waals surface area contributed by atoms with E-state index in [-0.39, 0.29) is 0 Å². The Morgan fingerprint density at radius 3 is 2.58 bits per heavy atom. The van der Waals surface area contributed by atoms with Crippen molar-refractivity contribution in [3.63, 3.8) is 0 Å². The molecule has 1 aliphatic heterocycles. The fraction of sp³-hybridized carbons (Fsp3) is 0.263. The molecule has 1 atom stereocenters. The summed E-state index contributed by atoms with van der Waals surface area (Å²) in [5, 5.41) is 3.50. The van der Waals surface area contributed by atoms with E-state index < -0.39 is 0 Å². The van der Waals surface area contributed by atoms with Gasteiger partial charge in [-0.1, -0.05) is 12.1 Å². The molecule has 122 valence electrons. The van der Waals surface area contributed by atoms with E-state index in [1.165, 1.54) is 11.1 Å². The summed E-state index contributed by atoms with van der Waals surface area (Å²) in [5.74, 6) is 0. The van der Waals surface area contributed by atoms with Crippen molar-refractivity contribution < 1.29 is 0 Å². The molecule has 0 amide bonds. The molecule has 5 nitrogen and oxygen atoms in total. The minimum absolute atomic E-state index is 0.398. The van der Waals surface area contributed by atoms with Crippen molar-refractivity contribution in [3.8, 4) is 5.69 Å². The van der Waals surface area contributed by atoms with Crippen LogP contribution in [0.2, 0.25) is 0 Å². The Morgan fingerprint density at radius 1 is 1.00 bits per heavy atom. The van der Waals surface area contributed by atoms with Crippen molar-refractivity contribution in [2.75, 3.05) is 19.6 Å². The first kappa shape index (κ1) is 15.1. The third-order valence-electron chi connectivity index (χ3n) is 4.57. The van der Waals surface area contributed by atoms with Crippen LogP contribution in [0.3, 0.4) is 0 Å². The molecule has 3 aromatic rings. The molecule has 24 heavy (non-hydrogen) atoms. The highest BCUT2D eigenvalue weighted by Crippen LogP contribution is 2.24. The largest absolute Gasteiger partial charge is 0.314 e. The molecule has 0 radical (unpaired) electrons. The monoisotopic (exact) mass is 319 g/mol. The Labute approximate surface area is 142 Å². The number of hydrogen-bond donors (Lipinski definition) is 1. The van der Waals surface area contributed by atoms with Gasteiger partial charge in [0.05, 0.1) is 6.33 Å². The van der Waals surface area contributed by atoms with Crippen molar-refractivity contribution in [3.05, 3.63) is 78.6 Å². The lowest BCUT2D eigenvalue weighted by atomic mass is 10.0. The Morgan fingerprint density at radius 2 is 1.83 bits per heavy atom. The number of hydrogen-bond acceptors (Lipinski definition) is 4. The molecule has 0 bridgehead atoms. The molecule has 5 heteroatoms. The van der Waals surface area contributed by atoms with Gasteiger partial charge in [0.2, 0.25) is 0 Å². The summed E-state index contributed by atoms with van der Waals surface area (Å²) in [4.78, 5) is 10.8. The lowest BCUT2D eigenvalue weighted by molar-refractivity contribution is 0.153. The van der Waals surface area contributed by atoms with Crippen molar-refractivity contribution in [2.45, 2.75) is 12.6 Å².